The van der Waals surface area contributed by atoms with Gasteiger partial charge in [0.1, 0.15) is 11.6 Å². The minimum absolute atomic E-state index is 0.139. The van der Waals surface area contributed by atoms with E-state index in [0.29, 0.717) is 0 Å². The number of hydrogen-bond acceptors (Lipinski definition) is 4. The van der Waals surface area contributed by atoms with Crippen LogP contribution in [-0.2, 0) is 16.0 Å². The molecule has 1 aromatic carbocycles. The van der Waals surface area contributed by atoms with E-state index in [1.54, 1.807) is 20.8 Å². The number of carboxylic acid groups (broad SMARTS) is 1. The fourth-order valence-corrected chi connectivity index (χ4v) is 1.61. The Kier molecular flexibility index (Phi) is 5.43. The number of nitrogens with one attached hydrogen (secondary N) is 1. The van der Waals surface area contributed by atoms with Crippen molar-refractivity contribution in [3.63, 3.8) is 0 Å². The van der Waals surface area contributed by atoms with E-state index in [4.69, 9.17) is 15.6 Å². The van der Waals surface area contributed by atoms with E-state index in [0.717, 1.165) is 12.1 Å². The maximum atomic E-state index is 13.7. The molecule has 0 fully saturated rings. The Morgan fingerprint density at radius 3 is 2.45 bits per heavy atom. The Hall–Kier alpha value is -2.22. The van der Waals surface area contributed by atoms with Gasteiger partial charge in [0.2, 0.25) is 0 Å². The maximum Gasteiger partial charge on any atom is 0.412 e. The van der Waals surface area contributed by atoms with Crippen LogP contribution in [0.1, 0.15) is 26.3 Å². The molecule has 0 saturated heterocycles. The van der Waals surface area contributed by atoms with Gasteiger partial charge in [0.05, 0.1) is 5.69 Å². The van der Waals surface area contributed by atoms with Crippen LogP contribution < -0.4 is 11.1 Å². The number of rotatable bonds is 4. The number of ether oxygens (including phenoxy) is 1. The van der Waals surface area contributed by atoms with Crippen molar-refractivity contribution in [2.45, 2.75) is 38.8 Å². The van der Waals surface area contributed by atoms with Crippen molar-refractivity contribution in [2.75, 3.05) is 5.32 Å². The number of anilines is 1. The van der Waals surface area contributed by atoms with Crippen LogP contribution in [0, 0.1) is 11.6 Å². The first-order valence-corrected chi connectivity index (χ1v) is 6.46. The molecule has 0 aliphatic heterocycles. The summed E-state index contributed by atoms with van der Waals surface area (Å²) in [5.74, 6) is -3.76. The molecule has 4 N–H and O–H groups in total. The number of nitrogens with two attached hydrogens (primary N) is 1. The van der Waals surface area contributed by atoms with E-state index in [1.807, 2.05) is 0 Å². The van der Waals surface area contributed by atoms with Gasteiger partial charge in [-0.1, -0.05) is 0 Å². The van der Waals surface area contributed by atoms with Crippen LogP contribution in [0.15, 0.2) is 12.1 Å². The number of amides is 1. The summed E-state index contributed by atoms with van der Waals surface area (Å²) in [7, 11) is 0. The number of halogens is 2. The molecule has 1 amide bonds. The molecule has 1 rings (SSSR count). The molecular weight excluding hydrogens is 298 g/mol. The standard InChI is InChI=1S/C14H18F2N2O4/c1-14(2,3)22-13(21)18-10-6-7(4-8(15)11(10)16)5-9(17)12(19)20/h4,6,9H,5,17H2,1-3H3,(H,18,21)(H,19,20). The summed E-state index contributed by atoms with van der Waals surface area (Å²) in [5.41, 5.74) is 4.24. The highest BCUT2D eigenvalue weighted by atomic mass is 19.2. The van der Waals surface area contributed by atoms with Gasteiger partial charge in [0, 0.05) is 0 Å². The molecule has 0 spiro atoms. The van der Waals surface area contributed by atoms with Crippen molar-refractivity contribution in [3.8, 4) is 0 Å². The second-order valence-electron chi connectivity index (χ2n) is 5.71. The average molecular weight is 316 g/mol. The predicted molar refractivity (Wildman–Crippen MR) is 75.5 cm³/mol. The Morgan fingerprint density at radius 2 is 1.95 bits per heavy atom. The van der Waals surface area contributed by atoms with Crippen molar-refractivity contribution in [1.29, 1.82) is 0 Å². The van der Waals surface area contributed by atoms with Crippen molar-refractivity contribution < 1.29 is 28.2 Å². The highest BCUT2D eigenvalue weighted by Crippen LogP contribution is 2.22. The Morgan fingerprint density at radius 1 is 1.36 bits per heavy atom. The molecule has 0 bridgehead atoms. The second-order valence-corrected chi connectivity index (χ2v) is 5.71. The van der Waals surface area contributed by atoms with E-state index >= 15 is 0 Å². The van der Waals surface area contributed by atoms with Crippen LogP contribution in [0.5, 0.6) is 0 Å². The molecular formula is C14H18F2N2O4. The summed E-state index contributed by atoms with van der Waals surface area (Å²) < 4.78 is 32.1. The number of benzene rings is 1. The molecule has 0 radical (unpaired) electrons. The van der Waals surface area contributed by atoms with Crippen LogP contribution in [0.2, 0.25) is 0 Å². The average Bonchev–Trinajstić information content (AvgIpc) is 2.32. The fourth-order valence-electron chi connectivity index (χ4n) is 1.61. The number of hydrogen-bond donors (Lipinski definition) is 3. The third-order valence-electron chi connectivity index (χ3n) is 2.50. The Bertz CT molecular complexity index is 585. The van der Waals surface area contributed by atoms with Gasteiger partial charge < -0.3 is 15.6 Å². The molecule has 0 heterocycles. The molecule has 0 aliphatic carbocycles. The highest BCUT2D eigenvalue weighted by Gasteiger charge is 2.20. The van der Waals surface area contributed by atoms with Crippen molar-refractivity contribution >= 4 is 17.7 Å². The molecule has 0 aliphatic rings. The zero-order valence-electron chi connectivity index (χ0n) is 12.4. The quantitative estimate of drug-likeness (QED) is 0.791. The van der Waals surface area contributed by atoms with E-state index in [9.17, 15) is 18.4 Å². The SMILES string of the molecule is CC(C)(C)OC(=O)Nc1cc(CC(N)C(=O)O)cc(F)c1F. The van der Waals surface area contributed by atoms with Gasteiger partial charge in [0.15, 0.2) is 11.6 Å². The van der Waals surface area contributed by atoms with Gasteiger partial charge in [-0.3, -0.25) is 10.1 Å². The Balaban J connectivity index is 2.97. The number of carbonyl (C=O) groups is 2. The van der Waals surface area contributed by atoms with Gasteiger partial charge in [-0.2, -0.15) is 0 Å². The molecule has 0 saturated carbocycles. The van der Waals surface area contributed by atoms with Crippen molar-refractivity contribution in [1.82, 2.24) is 0 Å². The molecule has 22 heavy (non-hydrogen) atoms. The van der Waals surface area contributed by atoms with Crippen LogP contribution in [0.4, 0.5) is 19.3 Å². The van der Waals surface area contributed by atoms with Gasteiger partial charge in [-0.05, 0) is 44.9 Å². The lowest BCUT2D eigenvalue weighted by atomic mass is 10.1. The van der Waals surface area contributed by atoms with Crippen molar-refractivity contribution in [2.24, 2.45) is 5.73 Å². The van der Waals surface area contributed by atoms with Gasteiger partial charge in [-0.15, -0.1) is 0 Å². The van der Waals surface area contributed by atoms with Crippen LogP contribution in [-0.4, -0.2) is 28.8 Å². The summed E-state index contributed by atoms with van der Waals surface area (Å²) in [6.07, 6.45) is -1.17. The van der Waals surface area contributed by atoms with Gasteiger partial charge in [0.25, 0.3) is 0 Å². The lowest BCUT2D eigenvalue weighted by Crippen LogP contribution is -2.32. The van der Waals surface area contributed by atoms with Crippen LogP contribution in [0.25, 0.3) is 0 Å². The third-order valence-corrected chi connectivity index (χ3v) is 2.50. The zero-order chi connectivity index (χ0) is 17.1. The maximum absolute atomic E-state index is 13.7. The lowest BCUT2D eigenvalue weighted by molar-refractivity contribution is -0.138. The molecule has 1 atom stereocenters. The predicted octanol–water partition coefficient (Wildman–Crippen LogP) is 2.27. The molecule has 6 nitrogen and oxygen atoms in total. The number of carbonyl (C=O) groups excluding carboxylic acids is 1. The van der Waals surface area contributed by atoms with E-state index < -0.39 is 41.0 Å². The van der Waals surface area contributed by atoms with E-state index in [1.165, 1.54) is 0 Å². The molecule has 0 aromatic heterocycles. The normalized spacial score (nSPS) is 12.6. The summed E-state index contributed by atoms with van der Waals surface area (Å²) in [6.45, 7) is 4.85. The molecule has 1 unspecified atom stereocenters. The van der Waals surface area contributed by atoms with Gasteiger partial charge >= 0.3 is 12.1 Å². The van der Waals surface area contributed by atoms with Crippen LogP contribution in [0.3, 0.4) is 0 Å². The minimum Gasteiger partial charge on any atom is -0.480 e. The first kappa shape index (κ1) is 17.8. The smallest absolute Gasteiger partial charge is 0.412 e. The minimum atomic E-state index is -1.27. The molecule has 1 aromatic rings. The largest absolute Gasteiger partial charge is 0.480 e. The van der Waals surface area contributed by atoms with Gasteiger partial charge in [-0.25, -0.2) is 13.6 Å². The molecule has 122 valence electrons. The van der Waals surface area contributed by atoms with Crippen LogP contribution >= 0.6 is 0 Å². The third kappa shape index (κ3) is 5.28. The zero-order valence-corrected chi connectivity index (χ0v) is 12.4. The topological polar surface area (TPSA) is 102 Å². The first-order valence-electron chi connectivity index (χ1n) is 6.46. The second kappa shape index (κ2) is 6.69. The van der Waals surface area contributed by atoms with Crippen molar-refractivity contribution in [3.05, 3.63) is 29.3 Å². The monoisotopic (exact) mass is 316 g/mol. The van der Waals surface area contributed by atoms with E-state index in [2.05, 4.69) is 5.32 Å². The lowest BCUT2D eigenvalue weighted by Gasteiger charge is -2.20. The fraction of sp³-hybridized carbons (Fsp3) is 0.429. The summed E-state index contributed by atoms with van der Waals surface area (Å²) in [5, 5.41) is 10.8. The number of aliphatic carboxylic acids is 1. The molecule has 8 heteroatoms. The first-order chi connectivity index (χ1) is 9.99. The highest BCUT2D eigenvalue weighted by molar-refractivity contribution is 5.85. The Labute approximate surface area is 126 Å². The summed E-state index contributed by atoms with van der Waals surface area (Å²) in [6, 6.07) is 0.683. The van der Waals surface area contributed by atoms with E-state index in [-0.39, 0.29) is 12.0 Å². The summed E-state index contributed by atoms with van der Waals surface area (Å²) >= 11 is 0. The number of carboxylic acids is 1. The summed E-state index contributed by atoms with van der Waals surface area (Å²) in [4.78, 5) is 22.3.